The van der Waals surface area contributed by atoms with Gasteiger partial charge in [0.25, 0.3) is 0 Å². The summed E-state index contributed by atoms with van der Waals surface area (Å²) in [5.41, 5.74) is 0.908. The molecule has 3 aliphatic heterocycles. The van der Waals surface area contributed by atoms with Crippen molar-refractivity contribution in [3.05, 3.63) is 42.0 Å². The molecule has 4 heterocycles. The number of fused-ring (bicyclic) bond motifs is 1. The number of para-hydroxylation sites is 1. The van der Waals surface area contributed by atoms with Gasteiger partial charge in [0, 0.05) is 20.1 Å². The topological polar surface area (TPSA) is 92.6 Å². The molecule has 38 heavy (non-hydrogen) atoms. The lowest BCUT2D eigenvalue weighted by atomic mass is 9.73. The molecule has 206 valence electrons. The van der Waals surface area contributed by atoms with Crippen molar-refractivity contribution >= 4 is 11.8 Å². The summed E-state index contributed by atoms with van der Waals surface area (Å²) >= 11 is 0. The molecule has 1 N–H and O–H groups in total. The molecular formula is C29H42N6O3. The van der Waals surface area contributed by atoms with Crippen LogP contribution in [0.1, 0.15) is 75.2 Å². The summed E-state index contributed by atoms with van der Waals surface area (Å²) in [6.07, 6.45) is 11.1. The number of piperidine rings is 2. The van der Waals surface area contributed by atoms with Gasteiger partial charge in [-0.1, -0.05) is 24.6 Å². The van der Waals surface area contributed by atoms with E-state index < -0.39 is 0 Å². The second-order valence-electron chi connectivity index (χ2n) is 11.2. The maximum atomic E-state index is 13.4. The first-order chi connectivity index (χ1) is 18.6. The number of hydrogen-bond acceptors (Lipinski definition) is 6. The predicted molar refractivity (Wildman–Crippen MR) is 145 cm³/mol. The standard InChI is InChI=1S/C29H42N6O3/c1-33-22-31-32-27(33)24-11-5-7-17-35(24)26(36)21-34-18-14-29(15-19-34)13-6-4-10-23-9-2-3-12-25(23)38-20-8-16-30-28(29)37/h2-3,9,12,22,24H,4-8,10-11,13-21H2,1H3,(H,30,37). The van der Waals surface area contributed by atoms with Crippen LogP contribution in [0.2, 0.25) is 0 Å². The number of aryl methyl sites for hydroxylation is 2. The van der Waals surface area contributed by atoms with Crippen LogP contribution < -0.4 is 10.1 Å². The van der Waals surface area contributed by atoms with E-state index in [1.165, 1.54) is 5.56 Å². The molecule has 1 unspecified atom stereocenters. The quantitative estimate of drug-likeness (QED) is 0.665. The molecule has 2 saturated heterocycles. The van der Waals surface area contributed by atoms with Crippen LogP contribution in [-0.4, -0.2) is 75.7 Å². The van der Waals surface area contributed by atoms with Gasteiger partial charge < -0.3 is 19.5 Å². The second-order valence-corrected chi connectivity index (χ2v) is 11.2. The van der Waals surface area contributed by atoms with Gasteiger partial charge in [-0.2, -0.15) is 0 Å². The monoisotopic (exact) mass is 522 g/mol. The molecule has 1 aromatic heterocycles. The van der Waals surface area contributed by atoms with E-state index in [1.54, 1.807) is 6.33 Å². The molecule has 0 saturated carbocycles. The van der Waals surface area contributed by atoms with Crippen molar-refractivity contribution in [1.29, 1.82) is 0 Å². The van der Waals surface area contributed by atoms with Gasteiger partial charge in [-0.3, -0.25) is 14.5 Å². The smallest absolute Gasteiger partial charge is 0.237 e. The van der Waals surface area contributed by atoms with Gasteiger partial charge in [0.15, 0.2) is 5.82 Å². The molecule has 0 bridgehead atoms. The largest absolute Gasteiger partial charge is 0.493 e. The molecule has 3 aliphatic rings. The Balaban J connectivity index is 1.19. The molecule has 1 atom stereocenters. The maximum Gasteiger partial charge on any atom is 0.237 e. The van der Waals surface area contributed by atoms with Crippen molar-refractivity contribution < 1.29 is 14.3 Å². The number of nitrogens with zero attached hydrogens (tertiary/aromatic N) is 5. The molecule has 9 nitrogen and oxygen atoms in total. The van der Waals surface area contributed by atoms with Crippen LogP contribution in [0.25, 0.3) is 0 Å². The SMILES string of the molecule is Cn1cnnc1C1CCCCN1C(=O)CN1CCC2(CCCCc3ccccc3OCCCNC2=O)CC1. The number of carbonyl (C=O) groups excluding carboxylic acids is 2. The van der Waals surface area contributed by atoms with Crippen LogP contribution in [0.3, 0.4) is 0 Å². The van der Waals surface area contributed by atoms with Crippen LogP contribution in [-0.2, 0) is 23.1 Å². The Hall–Kier alpha value is -2.94. The van der Waals surface area contributed by atoms with E-state index in [0.29, 0.717) is 19.7 Å². The van der Waals surface area contributed by atoms with Crippen LogP contribution in [0, 0.1) is 5.41 Å². The van der Waals surface area contributed by atoms with Crippen LogP contribution in [0.5, 0.6) is 5.75 Å². The summed E-state index contributed by atoms with van der Waals surface area (Å²) in [4.78, 5) is 31.1. The fourth-order valence-corrected chi connectivity index (χ4v) is 6.38. The highest BCUT2D eigenvalue weighted by molar-refractivity contribution is 5.83. The zero-order chi connectivity index (χ0) is 26.4. The zero-order valence-corrected chi connectivity index (χ0v) is 22.7. The van der Waals surface area contributed by atoms with E-state index in [-0.39, 0.29) is 23.3 Å². The summed E-state index contributed by atoms with van der Waals surface area (Å²) in [7, 11) is 1.94. The van der Waals surface area contributed by atoms with Gasteiger partial charge in [-0.25, -0.2) is 0 Å². The average Bonchev–Trinajstić information content (AvgIpc) is 3.37. The molecule has 2 amide bonds. The van der Waals surface area contributed by atoms with E-state index in [1.807, 2.05) is 28.6 Å². The number of nitrogens with one attached hydrogen (secondary N) is 1. The Labute approximate surface area is 225 Å². The van der Waals surface area contributed by atoms with Gasteiger partial charge in [0.1, 0.15) is 12.1 Å². The van der Waals surface area contributed by atoms with E-state index in [0.717, 1.165) is 95.4 Å². The van der Waals surface area contributed by atoms with Crippen molar-refractivity contribution in [2.45, 2.75) is 70.3 Å². The van der Waals surface area contributed by atoms with Crippen molar-refractivity contribution in [3.8, 4) is 5.75 Å². The van der Waals surface area contributed by atoms with Crippen molar-refractivity contribution in [3.63, 3.8) is 0 Å². The Morgan fingerprint density at radius 3 is 2.74 bits per heavy atom. The molecule has 5 rings (SSSR count). The van der Waals surface area contributed by atoms with Gasteiger partial charge in [-0.05, 0) is 82.5 Å². The Kier molecular flexibility index (Phi) is 8.61. The number of rotatable bonds is 3. The first kappa shape index (κ1) is 26.7. The van der Waals surface area contributed by atoms with Crippen molar-refractivity contribution in [1.82, 2.24) is 29.9 Å². The zero-order valence-electron chi connectivity index (χ0n) is 22.7. The lowest BCUT2D eigenvalue weighted by Gasteiger charge is -2.42. The van der Waals surface area contributed by atoms with Crippen LogP contribution in [0.15, 0.2) is 30.6 Å². The van der Waals surface area contributed by atoms with E-state index in [9.17, 15) is 9.59 Å². The summed E-state index contributed by atoms with van der Waals surface area (Å²) in [6.45, 7) is 3.94. The van der Waals surface area contributed by atoms with Crippen LogP contribution in [0.4, 0.5) is 0 Å². The highest BCUT2D eigenvalue weighted by Gasteiger charge is 2.41. The molecule has 1 aromatic carbocycles. The Morgan fingerprint density at radius 2 is 1.92 bits per heavy atom. The molecule has 2 aromatic rings. The average molecular weight is 523 g/mol. The number of ether oxygens (including phenoxy) is 1. The first-order valence-electron chi connectivity index (χ1n) is 14.4. The first-order valence-corrected chi connectivity index (χ1v) is 14.4. The molecule has 2 fully saturated rings. The number of amides is 2. The van der Waals surface area contributed by atoms with Crippen molar-refractivity contribution in [2.24, 2.45) is 12.5 Å². The number of likely N-dealkylation sites (tertiary alicyclic amines) is 2. The minimum Gasteiger partial charge on any atom is -0.493 e. The minimum atomic E-state index is -0.347. The molecular weight excluding hydrogens is 480 g/mol. The lowest BCUT2D eigenvalue weighted by molar-refractivity contribution is -0.138. The normalized spacial score (nSPS) is 23.3. The van der Waals surface area contributed by atoms with Gasteiger partial charge in [-0.15, -0.1) is 10.2 Å². The molecule has 9 heteroatoms. The number of benzene rings is 1. The fraction of sp³-hybridized carbons (Fsp3) is 0.655. The third kappa shape index (κ3) is 6.03. The number of hydrogen-bond donors (Lipinski definition) is 1. The maximum absolute atomic E-state index is 13.4. The van der Waals surface area contributed by atoms with E-state index in [4.69, 9.17) is 4.74 Å². The Bertz CT molecular complexity index is 1090. The second kappa shape index (κ2) is 12.3. The predicted octanol–water partition coefficient (Wildman–Crippen LogP) is 3.26. The van der Waals surface area contributed by atoms with Crippen LogP contribution >= 0.6 is 0 Å². The third-order valence-corrected chi connectivity index (χ3v) is 8.71. The Morgan fingerprint density at radius 1 is 1.08 bits per heavy atom. The summed E-state index contributed by atoms with van der Waals surface area (Å²) < 4.78 is 7.94. The third-order valence-electron chi connectivity index (χ3n) is 8.71. The van der Waals surface area contributed by atoms with Gasteiger partial charge in [0.2, 0.25) is 11.8 Å². The summed E-state index contributed by atoms with van der Waals surface area (Å²) in [5.74, 6) is 2.18. The van der Waals surface area contributed by atoms with Crippen molar-refractivity contribution in [2.75, 3.05) is 39.3 Å². The highest BCUT2D eigenvalue weighted by atomic mass is 16.5. The van der Waals surface area contributed by atoms with Gasteiger partial charge in [0.05, 0.1) is 24.6 Å². The van der Waals surface area contributed by atoms with Gasteiger partial charge >= 0.3 is 0 Å². The minimum absolute atomic E-state index is 0.00448. The molecule has 0 aliphatic carbocycles. The lowest BCUT2D eigenvalue weighted by Crippen LogP contribution is -2.52. The molecule has 0 radical (unpaired) electrons. The number of carbonyl (C=O) groups is 2. The van der Waals surface area contributed by atoms with E-state index >= 15 is 0 Å². The summed E-state index contributed by atoms with van der Waals surface area (Å²) in [6, 6.07) is 8.29. The fourth-order valence-electron chi connectivity index (χ4n) is 6.38. The summed E-state index contributed by atoms with van der Waals surface area (Å²) in [5, 5.41) is 11.5. The highest BCUT2D eigenvalue weighted by Crippen LogP contribution is 2.38. The number of aromatic nitrogens is 3. The van der Waals surface area contributed by atoms with E-state index in [2.05, 4.69) is 32.5 Å². The molecule has 1 spiro atoms.